The van der Waals surface area contributed by atoms with E-state index in [1.54, 1.807) is 24.4 Å². The number of halogens is 3. The maximum Gasteiger partial charge on any atom is 0.416 e. The number of alkyl halides is 3. The normalized spacial score (nSPS) is 11.8. The molecule has 3 rings (SSSR count). The zero-order valence-electron chi connectivity index (χ0n) is 12.6. The Morgan fingerprint density at radius 1 is 0.917 bits per heavy atom. The Morgan fingerprint density at radius 2 is 1.67 bits per heavy atom. The first kappa shape index (κ1) is 16.3. The number of benzene rings is 2. The van der Waals surface area contributed by atoms with Crippen LogP contribution in [0.1, 0.15) is 16.7 Å². The molecular weight excluding hydrogens is 317 g/mol. The van der Waals surface area contributed by atoms with Crippen molar-refractivity contribution < 1.29 is 18.3 Å². The number of fused-ring (bicyclic) bond motifs is 1. The van der Waals surface area contributed by atoms with Gasteiger partial charge in [0.15, 0.2) is 0 Å². The number of hydrogen-bond acceptors (Lipinski definition) is 3. The molecule has 3 nitrogen and oxygen atoms in total. The second kappa shape index (κ2) is 6.49. The van der Waals surface area contributed by atoms with Crippen LogP contribution in [0.15, 0.2) is 54.7 Å². The van der Waals surface area contributed by atoms with Crippen molar-refractivity contribution in [3.8, 4) is 5.75 Å². The molecule has 0 aliphatic carbocycles. The average Bonchev–Trinajstić information content (AvgIpc) is 2.57. The van der Waals surface area contributed by atoms with Crippen LogP contribution in [0.3, 0.4) is 0 Å². The molecule has 0 fully saturated rings. The van der Waals surface area contributed by atoms with E-state index in [-0.39, 0.29) is 17.9 Å². The van der Waals surface area contributed by atoms with Gasteiger partial charge in [-0.15, -0.1) is 0 Å². The lowest BCUT2D eigenvalue weighted by molar-refractivity contribution is -0.138. The second-order valence-corrected chi connectivity index (χ2v) is 5.40. The highest BCUT2D eigenvalue weighted by molar-refractivity contribution is 5.87. The first-order chi connectivity index (χ1) is 11.5. The molecule has 1 heterocycles. The minimum absolute atomic E-state index is 0.0803. The minimum Gasteiger partial charge on any atom is -0.506 e. The summed E-state index contributed by atoms with van der Waals surface area (Å²) in [5.41, 5.74) is 0.911. The highest BCUT2D eigenvalue weighted by atomic mass is 19.4. The van der Waals surface area contributed by atoms with Crippen molar-refractivity contribution in [2.24, 2.45) is 0 Å². The molecule has 6 heteroatoms. The summed E-state index contributed by atoms with van der Waals surface area (Å²) in [4.78, 5) is 4.13. The molecule has 0 saturated carbocycles. The van der Waals surface area contributed by atoms with Gasteiger partial charge < -0.3 is 10.4 Å². The predicted octanol–water partition coefficient (Wildman–Crippen LogP) is 4.25. The molecular formula is C18H15F3N2O. The van der Waals surface area contributed by atoms with Crippen molar-refractivity contribution in [1.82, 2.24) is 10.3 Å². The smallest absolute Gasteiger partial charge is 0.416 e. The molecule has 0 spiro atoms. The molecule has 0 unspecified atom stereocenters. The number of aromatic hydroxyl groups is 1. The van der Waals surface area contributed by atoms with E-state index in [1.165, 1.54) is 18.2 Å². The molecule has 0 atom stereocenters. The maximum absolute atomic E-state index is 13.0. The molecule has 2 N–H and O–H groups in total. The van der Waals surface area contributed by atoms with Gasteiger partial charge in [0.2, 0.25) is 0 Å². The van der Waals surface area contributed by atoms with E-state index in [1.807, 2.05) is 6.07 Å². The van der Waals surface area contributed by atoms with Gasteiger partial charge in [-0.3, -0.25) is 4.98 Å². The number of hydrogen-bond donors (Lipinski definition) is 2. The summed E-state index contributed by atoms with van der Waals surface area (Å²) in [5, 5.41) is 13.6. The van der Waals surface area contributed by atoms with E-state index in [0.717, 1.165) is 17.0 Å². The fraction of sp³-hybridized carbons (Fsp3) is 0.167. The van der Waals surface area contributed by atoms with Gasteiger partial charge in [-0.25, -0.2) is 0 Å². The van der Waals surface area contributed by atoms with Gasteiger partial charge in [0.1, 0.15) is 11.3 Å². The highest BCUT2D eigenvalue weighted by Crippen LogP contribution is 2.32. The van der Waals surface area contributed by atoms with Crippen molar-refractivity contribution in [2.75, 3.05) is 0 Å². The number of nitrogens with zero attached hydrogens (tertiary/aromatic N) is 1. The molecule has 3 aromatic rings. The first-order valence-corrected chi connectivity index (χ1v) is 7.38. The van der Waals surface area contributed by atoms with Gasteiger partial charge in [-0.1, -0.05) is 30.3 Å². The monoisotopic (exact) mass is 332 g/mol. The molecule has 2 aromatic carbocycles. The third-order valence-electron chi connectivity index (χ3n) is 3.79. The highest BCUT2D eigenvalue weighted by Gasteiger charge is 2.32. The Balaban J connectivity index is 1.78. The van der Waals surface area contributed by atoms with Crippen LogP contribution >= 0.6 is 0 Å². The van der Waals surface area contributed by atoms with Crippen molar-refractivity contribution in [3.63, 3.8) is 0 Å². The van der Waals surface area contributed by atoms with Gasteiger partial charge in [-0.05, 0) is 29.3 Å². The lowest BCUT2D eigenvalue weighted by atomic mass is 10.1. The SMILES string of the molecule is Oc1ccc(CNCc2ccccc2C(F)(F)F)c2cccnc12. The summed E-state index contributed by atoms with van der Waals surface area (Å²) >= 11 is 0. The van der Waals surface area contributed by atoms with Crippen LogP contribution in [0.4, 0.5) is 13.2 Å². The van der Waals surface area contributed by atoms with Crippen molar-refractivity contribution in [1.29, 1.82) is 0 Å². The van der Waals surface area contributed by atoms with Gasteiger partial charge in [0, 0.05) is 24.7 Å². The van der Waals surface area contributed by atoms with Crippen molar-refractivity contribution >= 4 is 10.9 Å². The Labute approximate surface area is 136 Å². The average molecular weight is 332 g/mol. The predicted molar refractivity (Wildman–Crippen MR) is 85.4 cm³/mol. The van der Waals surface area contributed by atoms with Crippen LogP contribution < -0.4 is 5.32 Å². The van der Waals surface area contributed by atoms with E-state index in [9.17, 15) is 18.3 Å². The lowest BCUT2D eigenvalue weighted by Crippen LogP contribution is -2.17. The summed E-state index contributed by atoms with van der Waals surface area (Å²) in [6, 6.07) is 12.4. The lowest BCUT2D eigenvalue weighted by Gasteiger charge is -2.14. The summed E-state index contributed by atoms with van der Waals surface area (Å²) in [5.74, 6) is 0.0803. The molecule has 1 aromatic heterocycles. The van der Waals surface area contributed by atoms with E-state index in [4.69, 9.17) is 0 Å². The summed E-state index contributed by atoms with van der Waals surface area (Å²) in [6.45, 7) is 0.465. The summed E-state index contributed by atoms with van der Waals surface area (Å²) in [7, 11) is 0. The van der Waals surface area contributed by atoms with E-state index >= 15 is 0 Å². The Morgan fingerprint density at radius 3 is 2.46 bits per heavy atom. The molecule has 0 radical (unpaired) electrons. The third-order valence-corrected chi connectivity index (χ3v) is 3.79. The fourth-order valence-corrected chi connectivity index (χ4v) is 2.65. The topological polar surface area (TPSA) is 45.1 Å². The van der Waals surface area contributed by atoms with Gasteiger partial charge >= 0.3 is 6.18 Å². The van der Waals surface area contributed by atoms with E-state index in [0.29, 0.717) is 12.1 Å². The first-order valence-electron chi connectivity index (χ1n) is 7.38. The van der Waals surface area contributed by atoms with Crippen LogP contribution in [0, 0.1) is 0 Å². The van der Waals surface area contributed by atoms with Crippen LogP contribution in [0.25, 0.3) is 10.9 Å². The standard InChI is InChI=1S/C18H15F3N2O/c19-18(20,21)15-6-2-1-4-13(15)11-22-10-12-7-8-16(24)17-14(12)5-3-9-23-17/h1-9,22,24H,10-11H2. The summed E-state index contributed by atoms with van der Waals surface area (Å²) in [6.07, 6.45) is -2.79. The number of aromatic nitrogens is 1. The molecule has 0 aliphatic rings. The Bertz CT molecular complexity index is 862. The van der Waals surface area contributed by atoms with E-state index < -0.39 is 11.7 Å². The molecule has 24 heavy (non-hydrogen) atoms. The molecule has 0 amide bonds. The zero-order chi connectivity index (χ0) is 17.2. The number of phenolic OH excluding ortho intramolecular Hbond substituents is 1. The number of pyridine rings is 1. The van der Waals surface area contributed by atoms with Crippen LogP contribution in [0.2, 0.25) is 0 Å². The van der Waals surface area contributed by atoms with Crippen molar-refractivity contribution in [3.05, 3.63) is 71.4 Å². The quantitative estimate of drug-likeness (QED) is 0.751. The maximum atomic E-state index is 13.0. The van der Waals surface area contributed by atoms with Gasteiger partial charge in [0.05, 0.1) is 5.56 Å². The van der Waals surface area contributed by atoms with Gasteiger partial charge in [-0.2, -0.15) is 13.2 Å². The van der Waals surface area contributed by atoms with Crippen LogP contribution in [-0.2, 0) is 19.3 Å². The number of nitrogens with one attached hydrogen (secondary N) is 1. The third kappa shape index (κ3) is 3.33. The zero-order valence-corrected chi connectivity index (χ0v) is 12.6. The minimum atomic E-state index is -4.37. The largest absolute Gasteiger partial charge is 0.506 e. The second-order valence-electron chi connectivity index (χ2n) is 5.40. The van der Waals surface area contributed by atoms with Crippen molar-refractivity contribution in [2.45, 2.75) is 19.3 Å². The molecule has 0 aliphatic heterocycles. The summed E-state index contributed by atoms with van der Waals surface area (Å²) < 4.78 is 39.0. The Kier molecular flexibility index (Phi) is 4.40. The van der Waals surface area contributed by atoms with Gasteiger partial charge in [0.25, 0.3) is 0 Å². The molecule has 0 saturated heterocycles. The van der Waals surface area contributed by atoms with Crippen LogP contribution in [-0.4, -0.2) is 10.1 Å². The fourth-order valence-electron chi connectivity index (χ4n) is 2.65. The molecule has 0 bridgehead atoms. The molecule has 124 valence electrons. The number of rotatable bonds is 4. The van der Waals surface area contributed by atoms with E-state index in [2.05, 4.69) is 10.3 Å². The number of phenols is 1. The van der Waals surface area contributed by atoms with Crippen LogP contribution in [0.5, 0.6) is 5.75 Å². The Hall–Kier alpha value is -2.60.